The molecule has 28 heavy (non-hydrogen) atoms. The molecule has 2 heterocycles. The first-order chi connectivity index (χ1) is 13.5. The molecular formula is C23H25N3O2. The summed E-state index contributed by atoms with van der Waals surface area (Å²) in [4.78, 5) is 32.0. The van der Waals surface area contributed by atoms with Crippen LogP contribution in [0.3, 0.4) is 0 Å². The van der Waals surface area contributed by atoms with E-state index in [1.807, 2.05) is 24.0 Å². The number of carbonyl (C=O) groups excluding carboxylic acids is 1. The van der Waals surface area contributed by atoms with Crippen molar-refractivity contribution in [1.82, 2.24) is 14.5 Å². The summed E-state index contributed by atoms with van der Waals surface area (Å²) in [5.41, 5.74) is 4.04. The Balaban J connectivity index is 1.50. The Morgan fingerprint density at radius 3 is 2.71 bits per heavy atom. The van der Waals surface area contributed by atoms with Crippen LogP contribution in [0.5, 0.6) is 0 Å². The molecule has 1 unspecified atom stereocenters. The van der Waals surface area contributed by atoms with Gasteiger partial charge in [0.15, 0.2) is 0 Å². The average Bonchev–Trinajstić information content (AvgIpc) is 3.18. The maximum absolute atomic E-state index is 12.9. The van der Waals surface area contributed by atoms with Crippen LogP contribution in [0.15, 0.2) is 53.6 Å². The van der Waals surface area contributed by atoms with Crippen molar-refractivity contribution in [1.29, 1.82) is 0 Å². The van der Waals surface area contributed by atoms with Gasteiger partial charge in [0.25, 0.3) is 5.56 Å². The summed E-state index contributed by atoms with van der Waals surface area (Å²) >= 11 is 0. The average molecular weight is 375 g/mol. The van der Waals surface area contributed by atoms with Crippen LogP contribution in [0.4, 0.5) is 0 Å². The summed E-state index contributed by atoms with van der Waals surface area (Å²) in [5, 5.41) is 0.605. The fourth-order valence-electron chi connectivity index (χ4n) is 4.06. The number of aryl methyl sites for hydroxylation is 3. The van der Waals surface area contributed by atoms with Crippen molar-refractivity contribution in [2.45, 2.75) is 45.7 Å². The zero-order chi connectivity index (χ0) is 19.7. The molecule has 1 saturated heterocycles. The highest BCUT2D eigenvalue weighted by Crippen LogP contribution is 2.32. The summed E-state index contributed by atoms with van der Waals surface area (Å²) in [6.07, 6.45) is 3.88. The lowest BCUT2D eigenvalue weighted by Gasteiger charge is -2.25. The highest BCUT2D eigenvalue weighted by molar-refractivity contribution is 5.80. The van der Waals surface area contributed by atoms with Crippen LogP contribution in [-0.2, 0) is 11.3 Å². The van der Waals surface area contributed by atoms with Crippen LogP contribution < -0.4 is 5.56 Å². The molecule has 1 aromatic heterocycles. The lowest BCUT2D eigenvalue weighted by atomic mass is 10.0. The molecule has 0 spiro atoms. The summed E-state index contributed by atoms with van der Waals surface area (Å²) < 4.78 is 1.55. The normalized spacial score (nSPS) is 16.6. The second kappa shape index (κ2) is 7.58. The number of hydrogen-bond donors (Lipinski definition) is 0. The number of nitrogens with zero attached hydrogens (tertiary/aromatic N) is 3. The molecule has 4 rings (SSSR count). The zero-order valence-electron chi connectivity index (χ0n) is 16.4. The molecule has 0 saturated carbocycles. The molecule has 2 aromatic carbocycles. The molecule has 144 valence electrons. The molecule has 1 atom stereocenters. The first kappa shape index (κ1) is 18.4. The minimum atomic E-state index is -0.0852. The van der Waals surface area contributed by atoms with Gasteiger partial charge in [0.2, 0.25) is 5.91 Å². The second-order valence-corrected chi connectivity index (χ2v) is 7.62. The zero-order valence-corrected chi connectivity index (χ0v) is 16.4. The SMILES string of the molecule is Cc1ccc(C2CCCN2C(=O)CCn2cnc3c(C)cccc3c2=O)cc1. The van der Waals surface area contributed by atoms with E-state index < -0.39 is 0 Å². The third kappa shape index (κ3) is 3.44. The number of benzene rings is 2. The van der Waals surface area contributed by atoms with Gasteiger partial charge in [-0.3, -0.25) is 14.2 Å². The van der Waals surface area contributed by atoms with Gasteiger partial charge < -0.3 is 4.90 Å². The van der Waals surface area contributed by atoms with E-state index in [2.05, 4.69) is 36.2 Å². The van der Waals surface area contributed by atoms with E-state index in [1.54, 1.807) is 17.0 Å². The fourth-order valence-corrected chi connectivity index (χ4v) is 4.06. The van der Waals surface area contributed by atoms with Gasteiger partial charge >= 0.3 is 0 Å². The highest BCUT2D eigenvalue weighted by atomic mass is 16.2. The number of carbonyl (C=O) groups is 1. The minimum Gasteiger partial charge on any atom is -0.336 e. The summed E-state index contributed by atoms with van der Waals surface area (Å²) in [7, 11) is 0. The van der Waals surface area contributed by atoms with E-state index in [-0.39, 0.29) is 17.5 Å². The maximum atomic E-state index is 12.9. The third-order valence-electron chi connectivity index (χ3n) is 5.66. The first-order valence-corrected chi connectivity index (χ1v) is 9.85. The minimum absolute atomic E-state index is 0.0852. The van der Waals surface area contributed by atoms with Gasteiger partial charge in [-0.05, 0) is 43.9 Å². The van der Waals surface area contributed by atoms with Crippen LogP contribution in [0, 0.1) is 13.8 Å². The smallest absolute Gasteiger partial charge is 0.261 e. The number of likely N-dealkylation sites (tertiary alicyclic amines) is 1. The topological polar surface area (TPSA) is 55.2 Å². The Labute approximate surface area is 164 Å². The first-order valence-electron chi connectivity index (χ1n) is 9.85. The third-order valence-corrected chi connectivity index (χ3v) is 5.66. The van der Waals surface area contributed by atoms with Gasteiger partial charge in [-0.2, -0.15) is 0 Å². The number of rotatable bonds is 4. The van der Waals surface area contributed by atoms with Crippen LogP contribution in [0.1, 0.15) is 42.0 Å². The lowest BCUT2D eigenvalue weighted by molar-refractivity contribution is -0.132. The summed E-state index contributed by atoms with van der Waals surface area (Å²) in [6.45, 7) is 5.15. The second-order valence-electron chi connectivity index (χ2n) is 7.62. The van der Waals surface area contributed by atoms with Crippen molar-refractivity contribution < 1.29 is 4.79 Å². The molecule has 0 radical (unpaired) electrons. The Morgan fingerprint density at radius 2 is 1.93 bits per heavy atom. The summed E-state index contributed by atoms with van der Waals surface area (Å²) in [6, 6.07) is 14.2. The summed E-state index contributed by atoms with van der Waals surface area (Å²) in [5.74, 6) is 0.0966. The van der Waals surface area contributed by atoms with Crippen molar-refractivity contribution in [3.63, 3.8) is 0 Å². The van der Waals surface area contributed by atoms with Crippen LogP contribution >= 0.6 is 0 Å². The van der Waals surface area contributed by atoms with Crippen molar-refractivity contribution in [3.05, 3.63) is 75.8 Å². The molecule has 1 fully saturated rings. The van der Waals surface area contributed by atoms with Gasteiger partial charge in [0.05, 0.1) is 23.3 Å². The van der Waals surface area contributed by atoms with Crippen LogP contribution in [-0.4, -0.2) is 26.9 Å². The van der Waals surface area contributed by atoms with E-state index in [9.17, 15) is 9.59 Å². The van der Waals surface area contributed by atoms with E-state index in [1.165, 1.54) is 11.1 Å². The van der Waals surface area contributed by atoms with E-state index >= 15 is 0 Å². The Morgan fingerprint density at radius 1 is 1.14 bits per heavy atom. The predicted molar refractivity (Wildman–Crippen MR) is 110 cm³/mol. The molecule has 5 heteroatoms. The van der Waals surface area contributed by atoms with Gasteiger partial charge in [-0.1, -0.05) is 42.0 Å². The molecule has 0 aliphatic carbocycles. The quantitative estimate of drug-likeness (QED) is 0.698. The van der Waals surface area contributed by atoms with Crippen molar-refractivity contribution >= 4 is 16.8 Å². The van der Waals surface area contributed by atoms with Crippen LogP contribution in [0.25, 0.3) is 10.9 Å². The number of para-hydroxylation sites is 1. The number of amides is 1. The van der Waals surface area contributed by atoms with E-state index in [4.69, 9.17) is 0 Å². The van der Waals surface area contributed by atoms with E-state index in [0.717, 1.165) is 30.5 Å². The van der Waals surface area contributed by atoms with Gasteiger partial charge in [-0.15, -0.1) is 0 Å². The van der Waals surface area contributed by atoms with Crippen molar-refractivity contribution in [3.8, 4) is 0 Å². The van der Waals surface area contributed by atoms with Crippen molar-refractivity contribution in [2.75, 3.05) is 6.54 Å². The molecule has 0 N–H and O–H groups in total. The molecule has 1 aliphatic rings. The molecule has 5 nitrogen and oxygen atoms in total. The van der Waals surface area contributed by atoms with Gasteiger partial charge in [-0.25, -0.2) is 4.98 Å². The predicted octanol–water partition coefficient (Wildman–Crippen LogP) is 3.77. The highest BCUT2D eigenvalue weighted by Gasteiger charge is 2.29. The Kier molecular flexibility index (Phi) is 4.99. The number of aromatic nitrogens is 2. The van der Waals surface area contributed by atoms with Crippen LogP contribution in [0.2, 0.25) is 0 Å². The molecule has 1 amide bonds. The van der Waals surface area contributed by atoms with E-state index in [0.29, 0.717) is 18.4 Å². The van der Waals surface area contributed by atoms with Gasteiger partial charge in [0, 0.05) is 19.5 Å². The fraction of sp³-hybridized carbons (Fsp3) is 0.348. The van der Waals surface area contributed by atoms with Gasteiger partial charge in [0.1, 0.15) is 0 Å². The molecule has 1 aliphatic heterocycles. The number of fused-ring (bicyclic) bond motifs is 1. The maximum Gasteiger partial charge on any atom is 0.261 e. The molecular weight excluding hydrogens is 350 g/mol. The lowest BCUT2D eigenvalue weighted by Crippen LogP contribution is -2.32. The standard InChI is InChI=1S/C23H25N3O2/c1-16-8-10-18(11-9-16)20-7-4-13-26(20)21(27)12-14-25-15-24-22-17(2)5-3-6-19(22)23(25)28/h3,5-6,8-11,15,20H,4,7,12-14H2,1-2H3. The largest absolute Gasteiger partial charge is 0.336 e. The monoisotopic (exact) mass is 375 g/mol. The Hall–Kier alpha value is -2.95. The van der Waals surface area contributed by atoms with Crippen molar-refractivity contribution in [2.24, 2.45) is 0 Å². The molecule has 3 aromatic rings. The molecule has 0 bridgehead atoms. The Bertz CT molecular complexity index is 1070. The number of hydrogen-bond acceptors (Lipinski definition) is 3.